The molecule has 2 N–H and O–H groups in total. The average Bonchev–Trinajstić information content (AvgIpc) is 2.47. The SMILES string of the molecule is COCCCNC(=O)CN(C)CC(=O)Nc1ccc(C)c(F)c1. The first kappa shape index (κ1) is 19.1. The molecule has 1 aromatic carbocycles. The number of methoxy groups -OCH3 is 1. The van der Waals surface area contributed by atoms with Gasteiger partial charge in [-0.2, -0.15) is 0 Å². The predicted octanol–water partition coefficient (Wildman–Crippen LogP) is 1.16. The highest BCUT2D eigenvalue weighted by atomic mass is 19.1. The van der Waals surface area contributed by atoms with Gasteiger partial charge in [-0.05, 0) is 38.1 Å². The highest BCUT2D eigenvalue weighted by Gasteiger charge is 2.11. The number of hydrogen-bond donors (Lipinski definition) is 2. The summed E-state index contributed by atoms with van der Waals surface area (Å²) >= 11 is 0. The molecule has 0 radical (unpaired) electrons. The van der Waals surface area contributed by atoms with Crippen molar-refractivity contribution in [2.75, 3.05) is 45.7 Å². The molecule has 6 nitrogen and oxygen atoms in total. The van der Waals surface area contributed by atoms with Crippen molar-refractivity contribution in [2.45, 2.75) is 13.3 Å². The fourth-order valence-corrected chi connectivity index (χ4v) is 1.92. The van der Waals surface area contributed by atoms with Crippen molar-refractivity contribution in [1.29, 1.82) is 0 Å². The van der Waals surface area contributed by atoms with Crippen molar-refractivity contribution in [1.82, 2.24) is 10.2 Å². The third-order valence-electron chi connectivity index (χ3n) is 3.13. The number of anilines is 1. The molecule has 0 aliphatic carbocycles. The first-order valence-electron chi connectivity index (χ1n) is 7.42. The van der Waals surface area contributed by atoms with E-state index < -0.39 is 0 Å². The number of benzene rings is 1. The highest BCUT2D eigenvalue weighted by Crippen LogP contribution is 2.13. The van der Waals surface area contributed by atoms with Gasteiger partial charge in [-0.25, -0.2) is 4.39 Å². The second-order valence-electron chi connectivity index (χ2n) is 5.38. The molecular weight excluding hydrogens is 301 g/mol. The lowest BCUT2D eigenvalue weighted by atomic mass is 10.2. The van der Waals surface area contributed by atoms with E-state index >= 15 is 0 Å². The van der Waals surface area contributed by atoms with E-state index in [4.69, 9.17) is 4.74 Å². The van der Waals surface area contributed by atoms with Crippen LogP contribution in [0, 0.1) is 12.7 Å². The third-order valence-corrected chi connectivity index (χ3v) is 3.13. The Morgan fingerprint density at radius 3 is 2.61 bits per heavy atom. The molecule has 128 valence electrons. The van der Waals surface area contributed by atoms with Gasteiger partial charge in [-0.15, -0.1) is 0 Å². The van der Waals surface area contributed by atoms with Crippen LogP contribution < -0.4 is 10.6 Å². The maximum absolute atomic E-state index is 13.4. The summed E-state index contributed by atoms with van der Waals surface area (Å²) in [6.45, 7) is 2.94. The number of hydrogen-bond acceptors (Lipinski definition) is 4. The molecule has 0 saturated heterocycles. The number of likely N-dealkylation sites (N-methyl/N-ethyl adjacent to an activating group) is 1. The van der Waals surface area contributed by atoms with E-state index in [1.165, 1.54) is 6.07 Å². The quantitative estimate of drug-likeness (QED) is 0.669. The largest absolute Gasteiger partial charge is 0.385 e. The van der Waals surface area contributed by atoms with E-state index in [2.05, 4.69) is 10.6 Å². The van der Waals surface area contributed by atoms with E-state index in [9.17, 15) is 14.0 Å². The molecule has 23 heavy (non-hydrogen) atoms. The normalized spacial score (nSPS) is 10.7. The summed E-state index contributed by atoms with van der Waals surface area (Å²) in [7, 11) is 3.28. The van der Waals surface area contributed by atoms with Gasteiger partial charge < -0.3 is 15.4 Å². The van der Waals surface area contributed by atoms with Crippen LogP contribution in [0.1, 0.15) is 12.0 Å². The molecule has 2 amide bonds. The number of rotatable bonds is 9. The van der Waals surface area contributed by atoms with Crippen LogP contribution >= 0.6 is 0 Å². The number of carbonyl (C=O) groups excluding carboxylic acids is 2. The Morgan fingerprint density at radius 2 is 1.96 bits per heavy atom. The molecule has 1 rings (SSSR count). The molecule has 0 fully saturated rings. The highest BCUT2D eigenvalue weighted by molar-refractivity contribution is 5.92. The fraction of sp³-hybridized carbons (Fsp3) is 0.500. The molecule has 0 aliphatic heterocycles. The molecule has 0 atom stereocenters. The number of nitrogens with zero attached hydrogens (tertiary/aromatic N) is 1. The Kier molecular flexibility index (Phi) is 8.21. The number of carbonyl (C=O) groups is 2. The lowest BCUT2D eigenvalue weighted by molar-refractivity contribution is -0.123. The summed E-state index contributed by atoms with van der Waals surface area (Å²) in [6.07, 6.45) is 0.741. The van der Waals surface area contributed by atoms with Gasteiger partial charge in [0.15, 0.2) is 0 Å². The molecule has 0 bridgehead atoms. The summed E-state index contributed by atoms with van der Waals surface area (Å²) in [5, 5.41) is 5.35. The molecule has 0 aromatic heterocycles. The maximum atomic E-state index is 13.4. The molecule has 7 heteroatoms. The minimum atomic E-state index is -0.369. The minimum absolute atomic E-state index is 0.0426. The first-order chi connectivity index (χ1) is 10.9. The molecule has 0 unspecified atom stereocenters. The Bertz CT molecular complexity index is 537. The summed E-state index contributed by atoms with van der Waals surface area (Å²) in [6, 6.07) is 4.51. The Morgan fingerprint density at radius 1 is 1.26 bits per heavy atom. The third kappa shape index (κ3) is 7.71. The van der Waals surface area contributed by atoms with Gasteiger partial charge in [0.05, 0.1) is 13.1 Å². The summed E-state index contributed by atoms with van der Waals surface area (Å²) in [5.74, 6) is -0.827. The zero-order chi connectivity index (χ0) is 17.2. The Hall–Kier alpha value is -1.99. The lowest BCUT2D eigenvalue weighted by Crippen LogP contribution is -2.39. The Balaban J connectivity index is 2.32. The second kappa shape index (κ2) is 9.91. The number of nitrogens with one attached hydrogen (secondary N) is 2. The minimum Gasteiger partial charge on any atom is -0.385 e. The summed E-state index contributed by atoms with van der Waals surface area (Å²) in [4.78, 5) is 25.1. The molecule has 0 heterocycles. The number of halogens is 1. The van der Waals surface area contributed by atoms with Crippen molar-refractivity contribution in [2.24, 2.45) is 0 Å². The average molecular weight is 325 g/mol. The van der Waals surface area contributed by atoms with Crippen molar-refractivity contribution in [3.8, 4) is 0 Å². The Labute approximate surface area is 136 Å². The monoisotopic (exact) mass is 325 g/mol. The van der Waals surface area contributed by atoms with Gasteiger partial charge in [0.1, 0.15) is 5.82 Å². The van der Waals surface area contributed by atoms with Gasteiger partial charge in [-0.1, -0.05) is 6.07 Å². The zero-order valence-corrected chi connectivity index (χ0v) is 13.8. The van der Waals surface area contributed by atoms with Gasteiger partial charge in [0, 0.05) is 25.9 Å². The fourth-order valence-electron chi connectivity index (χ4n) is 1.92. The van der Waals surface area contributed by atoms with Gasteiger partial charge in [0.2, 0.25) is 11.8 Å². The van der Waals surface area contributed by atoms with Crippen LogP contribution in [0.25, 0.3) is 0 Å². The van der Waals surface area contributed by atoms with E-state index in [1.54, 1.807) is 38.1 Å². The molecular formula is C16H24FN3O3. The number of ether oxygens (including phenoxy) is 1. The van der Waals surface area contributed by atoms with Crippen LogP contribution in [0.5, 0.6) is 0 Å². The van der Waals surface area contributed by atoms with Crippen molar-refractivity contribution in [3.05, 3.63) is 29.6 Å². The molecule has 0 spiro atoms. The predicted molar refractivity (Wildman–Crippen MR) is 86.8 cm³/mol. The van der Waals surface area contributed by atoms with Crippen LogP contribution in [0.3, 0.4) is 0 Å². The van der Waals surface area contributed by atoms with E-state index in [0.29, 0.717) is 24.4 Å². The standard InChI is InChI=1S/C16H24FN3O3/c1-12-5-6-13(9-14(12)17)19-16(22)11-20(2)10-15(21)18-7-4-8-23-3/h5-6,9H,4,7-8,10-11H2,1-3H3,(H,18,21)(H,19,22). The van der Waals surface area contributed by atoms with Crippen molar-refractivity contribution >= 4 is 17.5 Å². The van der Waals surface area contributed by atoms with Crippen LogP contribution in [-0.2, 0) is 14.3 Å². The molecule has 0 aliphatic rings. The molecule has 0 saturated carbocycles. The topological polar surface area (TPSA) is 70.7 Å². The van der Waals surface area contributed by atoms with Gasteiger partial charge in [0.25, 0.3) is 0 Å². The second-order valence-corrected chi connectivity index (χ2v) is 5.38. The molecule has 1 aromatic rings. The number of amides is 2. The summed E-state index contributed by atoms with van der Waals surface area (Å²) in [5.41, 5.74) is 0.917. The van der Waals surface area contributed by atoms with E-state index in [-0.39, 0.29) is 30.7 Å². The maximum Gasteiger partial charge on any atom is 0.238 e. The summed E-state index contributed by atoms with van der Waals surface area (Å²) < 4.78 is 18.3. The zero-order valence-electron chi connectivity index (χ0n) is 13.8. The smallest absolute Gasteiger partial charge is 0.238 e. The van der Waals surface area contributed by atoms with Crippen LogP contribution in [-0.4, -0.2) is 57.1 Å². The van der Waals surface area contributed by atoms with E-state index in [1.807, 2.05) is 0 Å². The van der Waals surface area contributed by atoms with Gasteiger partial charge in [-0.3, -0.25) is 14.5 Å². The lowest BCUT2D eigenvalue weighted by Gasteiger charge is -2.16. The van der Waals surface area contributed by atoms with Crippen LogP contribution in [0.15, 0.2) is 18.2 Å². The van der Waals surface area contributed by atoms with Gasteiger partial charge >= 0.3 is 0 Å². The van der Waals surface area contributed by atoms with Crippen LogP contribution in [0.2, 0.25) is 0 Å². The first-order valence-corrected chi connectivity index (χ1v) is 7.42. The van der Waals surface area contributed by atoms with E-state index in [0.717, 1.165) is 6.42 Å². The van der Waals surface area contributed by atoms with Crippen molar-refractivity contribution in [3.63, 3.8) is 0 Å². The number of aryl methyl sites for hydroxylation is 1. The van der Waals surface area contributed by atoms with Crippen LogP contribution in [0.4, 0.5) is 10.1 Å². The van der Waals surface area contributed by atoms with Crippen molar-refractivity contribution < 1.29 is 18.7 Å².